The number of fused-ring (bicyclic) bond motifs is 1. The summed E-state index contributed by atoms with van der Waals surface area (Å²) in [6.45, 7) is 2.21. The Morgan fingerprint density at radius 3 is 2.85 bits per heavy atom. The lowest BCUT2D eigenvalue weighted by atomic mass is 9.82. The minimum absolute atomic E-state index is 0.0645. The quantitative estimate of drug-likeness (QED) is 0.841. The first-order chi connectivity index (χ1) is 9.72. The van der Waals surface area contributed by atoms with Crippen LogP contribution in [0.3, 0.4) is 0 Å². The number of hydrogen-bond donors (Lipinski definition) is 1. The van der Waals surface area contributed by atoms with Crippen LogP contribution in [0.25, 0.3) is 10.9 Å². The molecule has 3 nitrogen and oxygen atoms in total. The number of aromatic nitrogens is 2. The van der Waals surface area contributed by atoms with Gasteiger partial charge in [-0.1, -0.05) is 38.3 Å². The molecule has 0 spiro atoms. The first kappa shape index (κ1) is 13.6. The Bertz CT molecular complexity index is 731. The molecule has 2 aromatic rings. The molecular weight excluding hydrogens is 268 g/mol. The number of nitrogens with zero attached hydrogens (tertiary/aromatic N) is 1. The Balaban J connectivity index is 2.20. The number of rotatable bonds is 2. The lowest BCUT2D eigenvalue weighted by Gasteiger charge is -2.32. The minimum Gasteiger partial charge on any atom is -0.332 e. The van der Waals surface area contributed by atoms with E-state index in [4.69, 9.17) is 12.2 Å². The van der Waals surface area contributed by atoms with Gasteiger partial charge in [0.25, 0.3) is 5.56 Å². The van der Waals surface area contributed by atoms with Gasteiger partial charge < -0.3 is 4.98 Å². The van der Waals surface area contributed by atoms with Crippen molar-refractivity contribution in [3.8, 4) is 0 Å². The topological polar surface area (TPSA) is 37.8 Å². The predicted molar refractivity (Wildman–Crippen MR) is 84.7 cm³/mol. The van der Waals surface area contributed by atoms with E-state index in [2.05, 4.69) is 11.9 Å². The number of H-pyrrole nitrogens is 1. The van der Waals surface area contributed by atoms with E-state index in [1.807, 2.05) is 28.8 Å². The molecule has 1 saturated carbocycles. The van der Waals surface area contributed by atoms with Crippen LogP contribution >= 0.6 is 12.2 Å². The van der Waals surface area contributed by atoms with Gasteiger partial charge in [0.2, 0.25) is 0 Å². The Labute approximate surface area is 123 Å². The highest BCUT2D eigenvalue weighted by Gasteiger charge is 2.27. The standard InChI is InChI=1S/C16H20N2OS/c1-2-11-7-3-6-10-14(11)18-15(19)12-8-4-5-9-13(12)17-16(18)20/h4-5,8-9,11,14H,2-3,6-7,10H2,1H3,(H,17,20). The van der Waals surface area contributed by atoms with Crippen LogP contribution in [0.5, 0.6) is 0 Å². The number of nitrogens with one attached hydrogen (secondary N) is 1. The molecule has 3 rings (SSSR count). The lowest BCUT2D eigenvalue weighted by Crippen LogP contribution is -2.32. The highest BCUT2D eigenvalue weighted by molar-refractivity contribution is 7.71. The van der Waals surface area contributed by atoms with Crippen molar-refractivity contribution in [2.45, 2.75) is 45.1 Å². The van der Waals surface area contributed by atoms with Gasteiger partial charge in [-0.3, -0.25) is 9.36 Å². The first-order valence-electron chi connectivity index (χ1n) is 7.46. The van der Waals surface area contributed by atoms with Gasteiger partial charge in [0.1, 0.15) is 0 Å². The molecule has 20 heavy (non-hydrogen) atoms. The SMILES string of the molecule is CCC1CCCCC1n1c(=S)[nH]c2ccccc2c1=O. The van der Waals surface area contributed by atoms with Gasteiger partial charge in [0, 0.05) is 6.04 Å². The zero-order valence-electron chi connectivity index (χ0n) is 11.8. The van der Waals surface area contributed by atoms with Crippen molar-refractivity contribution in [1.82, 2.24) is 9.55 Å². The third-order valence-corrected chi connectivity index (χ3v) is 4.86. The van der Waals surface area contributed by atoms with E-state index in [9.17, 15) is 4.79 Å². The Kier molecular flexibility index (Phi) is 3.74. The summed E-state index contributed by atoms with van der Waals surface area (Å²) in [5.41, 5.74) is 0.900. The second kappa shape index (κ2) is 5.52. The van der Waals surface area contributed by atoms with E-state index in [1.165, 1.54) is 19.3 Å². The van der Waals surface area contributed by atoms with Gasteiger partial charge in [0.05, 0.1) is 10.9 Å². The normalized spacial score (nSPS) is 23.1. The fourth-order valence-electron chi connectivity index (χ4n) is 3.48. The van der Waals surface area contributed by atoms with Crippen LogP contribution in [-0.4, -0.2) is 9.55 Å². The zero-order valence-corrected chi connectivity index (χ0v) is 12.6. The molecule has 1 heterocycles. The minimum atomic E-state index is 0.0645. The molecule has 1 N–H and O–H groups in total. The maximum absolute atomic E-state index is 12.8. The van der Waals surface area contributed by atoms with Crippen LogP contribution in [0.15, 0.2) is 29.1 Å². The van der Waals surface area contributed by atoms with Crippen molar-refractivity contribution < 1.29 is 0 Å². The molecule has 1 aromatic carbocycles. The van der Waals surface area contributed by atoms with E-state index >= 15 is 0 Å². The second-order valence-corrected chi connectivity index (χ2v) is 6.06. The highest BCUT2D eigenvalue weighted by atomic mass is 32.1. The van der Waals surface area contributed by atoms with Gasteiger partial charge in [-0.15, -0.1) is 0 Å². The highest BCUT2D eigenvalue weighted by Crippen LogP contribution is 2.35. The van der Waals surface area contributed by atoms with Crippen molar-refractivity contribution in [3.63, 3.8) is 0 Å². The summed E-state index contributed by atoms with van der Waals surface area (Å²) in [5.74, 6) is 0.567. The zero-order chi connectivity index (χ0) is 14.1. The summed E-state index contributed by atoms with van der Waals surface area (Å²) in [6, 6.07) is 7.88. The molecule has 0 bridgehead atoms. The molecule has 0 amide bonds. The molecule has 2 atom stereocenters. The monoisotopic (exact) mass is 288 g/mol. The smallest absolute Gasteiger partial charge is 0.262 e. The van der Waals surface area contributed by atoms with Crippen LogP contribution in [0, 0.1) is 10.7 Å². The third-order valence-electron chi connectivity index (χ3n) is 4.56. The van der Waals surface area contributed by atoms with Crippen molar-refractivity contribution in [2.75, 3.05) is 0 Å². The van der Waals surface area contributed by atoms with E-state index in [0.29, 0.717) is 10.7 Å². The van der Waals surface area contributed by atoms with Crippen LogP contribution in [0.2, 0.25) is 0 Å². The largest absolute Gasteiger partial charge is 0.332 e. The summed E-state index contributed by atoms with van der Waals surface area (Å²) in [4.78, 5) is 16.0. The summed E-state index contributed by atoms with van der Waals surface area (Å²) < 4.78 is 2.41. The molecule has 106 valence electrons. The molecule has 2 unspecified atom stereocenters. The van der Waals surface area contributed by atoms with Crippen molar-refractivity contribution >= 4 is 23.1 Å². The number of benzene rings is 1. The molecule has 0 aliphatic heterocycles. The van der Waals surface area contributed by atoms with Gasteiger partial charge in [-0.05, 0) is 43.1 Å². The molecule has 1 fully saturated rings. The Hall–Kier alpha value is -1.42. The molecule has 1 aliphatic carbocycles. The fraction of sp³-hybridized carbons (Fsp3) is 0.500. The molecule has 4 heteroatoms. The maximum atomic E-state index is 12.8. The average Bonchev–Trinajstić information content (AvgIpc) is 2.48. The van der Waals surface area contributed by atoms with Crippen LogP contribution in [-0.2, 0) is 0 Å². The molecule has 0 radical (unpaired) electrons. The summed E-state index contributed by atoms with van der Waals surface area (Å²) in [6.07, 6.45) is 5.84. The summed E-state index contributed by atoms with van der Waals surface area (Å²) in [5, 5.41) is 0.738. The van der Waals surface area contributed by atoms with E-state index < -0.39 is 0 Å². The van der Waals surface area contributed by atoms with Crippen LogP contribution in [0.4, 0.5) is 0 Å². The summed E-state index contributed by atoms with van der Waals surface area (Å²) in [7, 11) is 0. The second-order valence-electron chi connectivity index (χ2n) is 5.67. The number of para-hydroxylation sites is 1. The first-order valence-corrected chi connectivity index (χ1v) is 7.86. The Morgan fingerprint density at radius 1 is 1.30 bits per heavy atom. The van der Waals surface area contributed by atoms with Gasteiger partial charge in [0.15, 0.2) is 4.77 Å². The predicted octanol–water partition coefficient (Wildman–Crippen LogP) is 4.20. The maximum Gasteiger partial charge on any atom is 0.262 e. The van der Waals surface area contributed by atoms with Gasteiger partial charge in [-0.2, -0.15) is 0 Å². The van der Waals surface area contributed by atoms with E-state index in [-0.39, 0.29) is 11.6 Å². The van der Waals surface area contributed by atoms with E-state index in [0.717, 1.165) is 23.7 Å². The average molecular weight is 288 g/mol. The summed E-state index contributed by atoms with van der Waals surface area (Å²) >= 11 is 5.46. The van der Waals surface area contributed by atoms with Crippen molar-refractivity contribution in [3.05, 3.63) is 39.4 Å². The molecule has 1 aromatic heterocycles. The third kappa shape index (κ3) is 2.22. The van der Waals surface area contributed by atoms with Crippen molar-refractivity contribution in [1.29, 1.82) is 0 Å². The molecule has 0 saturated heterocycles. The fourth-order valence-corrected chi connectivity index (χ4v) is 3.81. The Morgan fingerprint density at radius 2 is 2.05 bits per heavy atom. The lowest BCUT2D eigenvalue weighted by molar-refractivity contribution is 0.225. The van der Waals surface area contributed by atoms with Crippen LogP contribution < -0.4 is 5.56 Å². The molecular formula is C16H20N2OS. The van der Waals surface area contributed by atoms with Gasteiger partial charge in [-0.25, -0.2) is 0 Å². The number of aromatic amines is 1. The van der Waals surface area contributed by atoms with E-state index in [1.54, 1.807) is 0 Å². The molecule has 1 aliphatic rings. The van der Waals surface area contributed by atoms with Gasteiger partial charge >= 0.3 is 0 Å². The number of hydrogen-bond acceptors (Lipinski definition) is 2. The van der Waals surface area contributed by atoms with Crippen LogP contribution in [0.1, 0.15) is 45.1 Å². The van der Waals surface area contributed by atoms with Crippen molar-refractivity contribution in [2.24, 2.45) is 5.92 Å².